The summed E-state index contributed by atoms with van der Waals surface area (Å²) in [6.45, 7) is 1.74. The first-order valence-corrected chi connectivity index (χ1v) is 7.51. The van der Waals surface area contributed by atoms with Gasteiger partial charge in [0.15, 0.2) is 0 Å². The normalized spacial score (nSPS) is 13.1. The molecule has 2 rings (SSSR count). The molecule has 2 aromatic carbocycles. The van der Waals surface area contributed by atoms with E-state index in [1.807, 2.05) is 30.3 Å². The fourth-order valence-corrected chi connectivity index (χ4v) is 3.07. The SMILES string of the molecule is CC(NS(=O)(=O)c1ccc(F)c(N)c1)c1ccccc1. The van der Waals surface area contributed by atoms with E-state index in [-0.39, 0.29) is 10.6 Å². The number of sulfonamides is 1. The van der Waals surface area contributed by atoms with E-state index < -0.39 is 21.9 Å². The van der Waals surface area contributed by atoms with Crippen molar-refractivity contribution in [1.29, 1.82) is 0 Å². The summed E-state index contributed by atoms with van der Waals surface area (Å²) in [5, 5.41) is 0. The molecule has 0 saturated carbocycles. The topological polar surface area (TPSA) is 72.2 Å². The molecular formula is C14H15FN2O2S. The fourth-order valence-electron chi connectivity index (χ4n) is 1.80. The first-order valence-electron chi connectivity index (χ1n) is 6.02. The Bertz CT molecular complexity index is 702. The van der Waals surface area contributed by atoms with Gasteiger partial charge in [-0.2, -0.15) is 0 Å². The summed E-state index contributed by atoms with van der Waals surface area (Å²) in [6, 6.07) is 12.1. The molecular weight excluding hydrogens is 279 g/mol. The molecule has 0 heterocycles. The average molecular weight is 294 g/mol. The van der Waals surface area contributed by atoms with Gasteiger partial charge in [-0.05, 0) is 30.7 Å². The largest absolute Gasteiger partial charge is 0.396 e. The molecule has 6 heteroatoms. The van der Waals surface area contributed by atoms with Gasteiger partial charge < -0.3 is 5.73 Å². The Morgan fingerprint density at radius 3 is 2.40 bits per heavy atom. The maximum Gasteiger partial charge on any atom is 0.241 e. The third kappa shape index (κ3) is 3.15. The second kappa shape index (κ2) is 5.60. The molecule has 0 amide bonds. The highest BCUT2D eigenvalue weighted by Crippen LogP contribution is 2.19. The van der Waals surface area contributed by atoms with Crippen molar-refractivity contribution in [1.82, 2.24) is 4.72 Å². The molecule has 3 N–H and O–H groups in total. The zero-order valence-corrected chi connectivity index (χ0v) is 11.7. The van der Waals surface area contributed by atoms with Gasteiger partial charge in [-0.25, -0.2) is 17.5 Å². The van der Waals surface area contributed by atoms with Crippen molar-refractivity contribution in [2.75, 3.05) is 5.73 Å². The fraction of sp³-hybridized carbons (Fsp3) is 0.143. The van der Waals surface area contributed by atoms with E-state index in [0.29, 0.717) is 0 Å². The van der Waals surface area contributed by atoms with E-state index in [1.165, 1.54) is 6.07 Å². The van der Waals surface area contributed by atoms with Crippen molar-refractivity contribution in [2.45, 2.75) is 17.9 Å². The number of nitrogens with one attached hydrogen (secondary N) is 1. The van der Waals surface area contributed by atoms with Crippen LogP contribution in [0.5, 0.6) is 0 Å². The van der Waals surface area contributed by atoms with Gasteiger partial charge in [0.1, 0.15) is 5.82 Å². The molecule has 0 spiro atoms. The molecule has 1 atom stereocenters. The zero-order chi connectivity index (χ0) is 14.8. The minimum absolute atomic E-state index is 0.0563. The summed E-state index contributed by atoms with van der Waals surface area (Å²) in [6.07, 6.45) is 0. The van der Waals surface area contributed by atoms with Crippen LogP contribution in [0.2, 0.25) is 0 Å². The molecule has 0 radical (unpaired) electrons. The lowest BCUT2D eigenvalue weighted by molar-refractivity contribution is 0.566. The third-order valence-electron chi connectivity index (χ3n) is 2.91. The molecule has 1 unspecified atom stereocenters. The van der Waals surface area contributed by atoms with Crippen molar-refractivity contribution < 1.29 is 12.8 Å². The zero-order valence-electron chi connectivity index (χ0n) is 10.9. The summed E-state index contributed by atoms with van der Waals surface area (Å²) >= 11 is 0. The van der Waals surface area contributed by atoms with Crippen molar-refractivity contribution in [3.05, 3.63) is 59.9 Å². The Kier molecular flexibility index (Phi) is 4.06. The number of halogens is 1. The summed E-state index contributed by atoms with van der Waals surface area (Å²) < 4.78 is 40.0. The van der Waals surface area contributed by atoms with Gasteiger partial charge in [-0.3, -0.25) is 0 Å². The summed E-state index contributed by atoms with van der Waals surface area (Å²) in [7, 11) is -3.74. The molecule has 0 aliphatic heterocycles. The summed E-state index contributed by atoms with van der Waals surface area (Å²) in [4.78, 5) is -0.0563. The number of nitrogen functional groups attached to an aromatic ring is 1. The predicted molar refractivity (Wildman–Crippen MR) is 76.0 cm³/mol. The predicted octanol–water partition coefficient (Wildman–Crippen LogP) is 2.45. The van der Waals surface area contributed by atoms with Crippen molar-refractivity contribution in [3.63, 3.8) is 0 Å². The van der Waals surface area contributed by atoms with Crippen molar-refractivity contribution in [3.8, 4) is 0 Å². The monoisotopic (exact) mass is 294 g/mol. The number of hydrogen-bond acceptors (Lipinski definition) is 3. The van der Waals surface area contributed by atoms with Crippen LogP contribution in [-0.4, -0.2) is 8.42 Å². The second-order valence-electron chi connectivity index (χ2n) is 4.44. The Balaban J connectivity index is 2.25. The summed E-state index contributed by atoms with van der Waals surface area (Å²) in [5.41, 5.74) is 6.04. The minimum atomic E-state index is -3.74. The Morgan fingerprint density at radius 2 is 1.80 bits per heavy atom. The van der Waals surface area contributed by atoms with Crippen molar-refractivity contribution in [2.24, 2.45) is 0 Å². The van der Waals surface area contributed by atoms with Crippen LogP contribution >= 0.6 is 0 Å². The third-order valence-corrected chi connectivity index (χ3v) is 4.45. The molecule has 20 heavy (non-hydrogen) atoms. The molecule has 4 nitrogen and oxygen atoms in total. The molecule has 2 aromatic rings. The quantitative estimate of drug-likeness (QED) is 0.851. The van der Waals surface area contributed by atoms with Gasteiger partial charge in [0, 0.05) is 6.04 Å². The average Bonchev–Trinajstić information content (AvgIpc) is 2.42. The van der Waals surface area contributed by atoms with Crippen LogP contribution in [0.25, 0.3) is 0 Å². The van der Waals surface area contributed by atoms with Crippen LogP contribution in [0.4, 0.5) is 10.1 Å². The van der Waals surface area contributed by atoms with Gasteiger partial charge >= 0.3 is 0 Å². The van der Waals surface area contributed by atoms with E-state index in [9.17, 15) is 12.8 Å². The molecule has 0 saturated heterocycles. The highest BCUT2D eigenvalue weighted by Gasteiger charge is 2.19. The van der Waals surface area contributed by atoms with E-state index in [1.54, 1.807) is 6.92 Å². The van der Waals surface area contributed by atoms with Gasteiger partial charge in [-0.1, -0.05) is 30.3 Å². The van der Waals surface area contributed by atoms with E-state index in [2.05, 4.69) is 4.72 Å². The maximum absolute atomic E-state index is 13.1. The van der Waals surface area contributed by atoms with Gasteiger partial charge in [0.25, 0.3) is 0 Å². The van der Waals surface area contributed by atoms with E-state index in [0.717, 1.165) is 17.7 Å². The molecule has 106 valence electrons. The van der Waals surface area contributed by atoms with Gasteiger partial charge in [0.05, 0.1) is 10.6 Å². The Morgan fingerprint density at radius 1 is 1.15 bits per heavy atom. The number of nitrogens with two attached hydrogens (primary N) is 1. The number of rotatable bonds is 4. The smallest absolute Gasteiger partial charge is 0.241 e. The molecule has 0 fully saturated rings. The lowest BCUT2D eigenvalue weighted by Gasteiger charge is -2.15. The number of anilines is 1. The molecule has 0 bridgehead atoms. The molecule has 0 aromatic heterocycles. The second-order valence-corrected chi connectivity index (χ2v) is 6.15. The highest BCUT2D eigenvalue weighted by atomic mass is 32.2. The lowest BCUT2D eigenvalue weighted by atomic mass is 10.1. The maximum atomic E-state index is 13.1. The standard InChI is InChI=1S/C14H15FN2O2S/c1-10(11-5-3-2-4-6-11)17-20(18,19)12-7-8-13(15)14(16)9-12/h2-10,17H,16H2,1H3. The van der Waals surface area contributed by atoms with E-state index in [4.69, 9.17) is 5.73 Å². The van der Waals surface area contributed by atoms with Crippen LogP contribution in [0, 0.1) is 5.82 Å². The molecule has 0 aliphatic rings. The number of hydrogen-bond donors (Lipinski definition) is 2. The van der Waals surface area contributed by atoms with Gasteiger partial charge in [0.2, 0.25) is 10.0 Å². The van der Waals surface area contributed by atoms with Crippen LogP contribution in [0.1, 0.15) is 18.5 Å². The first kappa shape index (κ1) is 14.5. The number of benzene rings is 2. The Hall–Kier alpha value is -1.92. The van der Waals surface area contributed by atoms with Crippen molar-refractivity contribution >= 4 is 15.7 Å². The molecule has 0 aliphatic carbocycles. The van der Waals surface area contributed by atoms with Crippen LogP contribution in [0.15, 0.2) is 53.4 Å². The van der Waals surface area contributed by atoms with Crippen LogP contribution in [0.3, 0.4) is 0 Å². The van der Waals surface area contributed by atoms with Crippen LogP contribution in [-0.2, 0) is 10.0 Å². The minimum Gasteiger partial charge on any atom is -0.396 e. The lowest BCUT2D eigenvalue weighted by Crippen LogP contribution is -2.27. The van der Waals surface area contributed by atoms with Gasteiger partial charge in [-0.15, -0.1) is 0 Å². The summed E-state index contributed by atoms with van der Waals surface area (Å²) in [5.74, 6) is -0.639. The van der Waals surface area contributed by atoms with E-state index >= 15 is 0 Å². The first-order chi connectivity index (χ1) is 9.40. The Labute approximate surface area is 117 Å². The highest BCUT2D eigenvalue weighted by molar-refractivity contribution is 7.89. The van der Waals surface area contributed by atoms with Crippen LogP contribution < -0.4 is 10.5 Å².